The lowest BCUT2D eigenvalue weighted by molar-refractivity contribution is -0.148. The van der Waals surface area contributed by atoms with E-state index in [2.05, 4.69) is 0 Å². The van der Waals surface area contributed by atoms with Crippen molar-refractivity contribution in [3.63, 3.8) is 0 Å². The van der Waals surface area contributed by atoms with Crippen LogP contribution in [0.4, 0.5) is 0 Å². The molecular weight excluding hydrogens is 368 g/mol. The molecule has 28 heavy (non-hydrogen) atoms. The molecule has 0 bridgehead atoms. The van der Waals surface area contributed by atoms with Crippen LogP contribution in [0.15, 0.2) is 41.0 Å². The summed E-state index contributed by atoms with van der Waals surface area (Å²) in [6.07, 6.45) is 1.00. The molecule has 9 heteroatoms. The molecule has 0 fully saturated rings. The van der Waals surface area contributed by atoms with Crippen LogP contribution in [0.25, 0.3) is 0 Å². The van der Waals surface area contributed by atoms with Gasteiger partial charge in [-0.15, -0.1) is 0 Å². The Hall–Kier alpha value is -3.75. The number of amides is 4. The van der Waals surface area contributed by atoms with Crippen molar-refractivity contribution in [2.24, 2.45) is 0 Å². The van der Waals surface area contributed by atoms with Crippen LogP contribution in [0.2, 0.25) is 0 Å². The van der Waals surface area contributed by atoms with Crippen molar-refractivity contribution in [2.75, 3.05) is 13.2 Å². The first-order valence-electron chi connectivity index (χ1n) is 8.37. The number of nitrogens with one attached hydrogen (secondary N) is 1. The maximum absolute atomic E-state index is 12.3. The highest BCUT2D eigenvalue weighted by molar-refractivity contribution is 6.21. The van der Waals surface area contributed by atoms with Gasteiger partial charge in [0.05, 0.1) is 23.8 Å². The van der Waals surface area contributed by atoms with Crippen LogP contribution in [0.3, 0.4) is 0 Å². The highest BCUT2D eigenvalue weighted by atomic mass is 16.5. The van der Waals surface area contributed by atoms with Gasteiger partial charge < -0.3 is 9.15 Å². The molecule has 0 unspecified atom stereocenters. The average molecular weight is 384 g/mol. The normalized spacial score (nSPS) is 12.7. The third-order valence-electron chi connectivity index (χ3n) is 4.03. The number of rotatable bonds is 6. The molecule has 3 rings (SSSR count). The number of ether oxygens (including phenoxy) is 1. The molecule has 4 amide bonds. The highest BCUT2D eigenvalue weighted by Gasteiger charge is 2.35. The van der Waals surface area contributed by atoms with E-state index in [1.165, 1.54) is 18.4 Å². The standard InChI is InChI=1S/C19H16N2O7/c1-11-4-5-12-13(9-11)19(26)21(18(12)25)7-6-16(23)28-10-15(22)20-17(24)14-3-2-8-27-14/h2-5,8-9H,6-7,10H2,1H3,(H,20,22,24). The van der Waals surface area contributed by atoms with E-state index in [1.54, 1.807) is 25.1 Å². The summed E-state index contributed by atoms with van der Waals surface area (Å²) >= 11 is 0. The second-order valence-corrected chi connectivity index (χ2v) is 6.08. The first kappa shape index (κ1) is 19.0. The number of furan rings is 1. The van der Waals surface area contributed by atoms with E-state index in [9.17, 15) is 24.0 Å². The maximum atomic E-state index is 12.3. The molecule has 0 spiro atoms. The second-order valence-electron chi connectivity index (χ2n) is 6.08. The summed E-state index contributed by atoms with van der Waals surface area (Å²) in [5, 5.41) is 2.00. The van der Waals surface area contributed by atoms with Gasteiger partial charge in [0.15, 0.2) is 12.4 Å². The molecule has 1 aliphatic rings. The van der Waals surface area contributed by atoms with Crippen LogP contribution < -0.4 is 5.32 Å². The molecule has 1 aliphatic heterocycles. The van der Waals surface area contributed by atoms with Crippen molar-refractivity contribution in [2.45, 2.75) is 13.3 Å². The third-order valence-corrected chi connectivity index (χ3v) is 4.03. The third kappa shape index (κ3) is 3.98. The van der Waals surface area contributed by atoms with Gasteiger partial charge in [0.1, 0.15) is 0 Å². The Labute approximate surface area is 159 Å². The minimum Gasteiger partial charge on any atom is -0.459 e. The van der Waals surface area contributed by atoms with Crippen molar-refractivity contribution in [1.29, 1.82) is 0 Å². The molecule has 1 aromatic heterocycles. The first-order chi connectivity index (χ1) is 13.4. The number of carbonyl (C=O) groups is 5. The number of imide groups is 2. The molecule has 0 saturated carbocycles. The van der Waals surface area contributed by atoms with Gasteiger partial charge in [0, 0.05) is 6.54 Å². The molecule has 9 nitrogen and oxygen atoms in total. The summed E-state index contributed by atoms with van der Waals surface area (Å²) in [7, 11) is 0. The zero-order valence-electron chi connectivity index (χ0n) is 14.9. The van der Waals surface area contributed by atoms with Crippen LogP contribution in [0, 0.1) is 6.92 Å². The predicted octanol–water partition coefficient (Wildman–Crippen LogP) is 1.07. The SMILES string of the molecule is Cc1ccc2c(c1)C(=O)N(CCC(=O)OCC(=O)NC(=O)c1ccco1)C2=O. The molecule has 0 radical (unpaired) electrons. The molecule has 2 aromatic rings. The van der Waals surface area contributed by atoms with Gasteiger partial charge in [-0.05, 0) is 31.2 Å². The summed E-state index contributed by atoms with van der Waals surface area (Å²) in [6.45, 7) is 0.962. The molecule has 0 atom stereocenters. The molecule has 2 heterocycles. The van der Waals surface area contributed by atoms with Crippen LogP contribution in [-0.2, 0) is 14.3 Å². The minimum atomic E-state index is -0.828. The van der Waals surface area contributed by atoms with E-state index in [4.69, 9.17) is 9.15 Å². The highest BCUT2D eigenvalue weighted by Crippen LogP contribution is 2.23. The van der Waals surface area contributed by atoms with Gasteiger partial charge in [-0.25, -0.2) is 0 Å². The zero-order chi connectivity index (χ0) is 20.3. The van der Waals surface area contributed by atoms with E-state index in [1.807, 2.05) is 5.32 Å². The van der Waals surface area contributed by atoms with Gasteiger partial charge in [0.25, 0.3) is 23.6 Å². The molecule has 0 aliphatic carbocycles. The van der Waals surface area contributed by atoms with E-state index in [0.29, 0.717) is 11.1 Å². The van der Waals surface area contributed by atoms with Crippen LogP contribution in [0.1, 0.15) is 43.3 Å². The first-order valence-corrected chi connectivity index (χ1v) is 8.37. The lowest BCUT2D eigenvalue weighted by Gasteiger charge is -2.13. The monoisotopic (exact) mass is 384 g/mol. The fraction of sp³-hybridized carbons (Fsp3) is 0.211. The van der Waals surface area contributed by atoms with Crippen molar-refractivity contribution in [3.05, 3.63) is 59.0 Å². The number of carbonyl (C=O) groups excluding carboxylic acids is 5. The minimum absolute atomic E-state index is 0.0551. The summed E-state index contributed by atoms with van der Waals surface area (Å²) in [5.74, 6) is -3.37. The Kier molecular flexibility index (Phi) is 5.35. The summed E-state index contributed by atoms with van der Waals surface area (Å²) < 4.78 is 9.60. The molecule has 144 valence electrons. The van der Waals surface area contributed by atoms with Crippen LogP contribution in [-0.4, -0.2) is 47.6 Å². The van der Waals surface area contributed by atoms with Crippen molar-refractivity contribution < 1.29 is 33.1 Å². The van der Waals surface area contributed by atoms with Gasteiger partial charge in [-0.2, -0.15) is 0 Å². The van der Waals surface area contributed by atoms with Gasteiger partial charge >= 0.3 is 5.97 Å². The van der Waals surface area contributed by atoms with E-state index in [-0.39, 0.29) is 18.7 Å². The van der Waals surface area contributed by atoms with Crippen molar-refractivity contribution in [3.8, 4) is 0 Å². The fourth-order valence-electron chi connectivity index (χ4n) is 2.66. The summed E-state index contributed by atoms with van der Waals surface area (Å²) in [4.78, 5) is 60.6. The molecular formula is C19H16N2O7. The summed E-state index contributed by atoms with van der Waals surface area (Å²) in [5.41, 5.74) is 1.44. The maximum Gasteiger partial charge on any atom is 0.308 e. The number of aryl methyl sites for hydroxylation is 1. The van der Waals surface area contributed by atoms with E-state index in [0.717, 1.165) is 10.5 Å². The number of hydrogen-bond donors (Lipinski definition) is 1. The lowest BCUT2D eigenvalue weighted by Crippen LogP contribution is -2.35. The van der Waals surface area contributed by atoms with Crippen LogP contribution in [0.5, 0.6) is 0 Å². The zero-order valence-corrected chi connectivity index (χ0v) is 14.9. The topological polar surface area (TPSA) is 123 Å². The largest absolute Gasteiger partial charge is 0.459 e. The van der Waals surface area contributed by atoms with E-state index < -0.39 is 36.2 Å². The predicted molar refractivity (Wildman–Crippen MR) is 93.3 cm³/mol. The van der Waals surface area contributed by atoms with Gasteiger partial charge in [0.2, 0.25) is 0 Å². The Morgan fingerprint density at radius 3 is 2.57 bits per heavy atom. The number of benzene rings is 1. The Bertz CT molecular complexity index is 963. The van der Waals surface area contributed by atoms with E-state index >= 15 is 0 Å². The van der Waals surface area contributed by atoms with Crippen molar-refractivity contribution in [1.82, 2.24) is 10.2 Å². The van der Waals surface area contributed by atoms with Gasteiger partial charge in [-0.3, -0.25) is 34.2 Å². The number of fused-ring (bicyclic) bond motifs is 1. The number of hydrogen-bond acceptors (Lipinski definition) is 7. The Morgan fingerprint density at radius 2 is 1.86 bits per heavy atom. The second kappa shape index (κ2) is 7.87. The number of esters is 1. The number of nitrogens with zero attached hydrogens (tertiary/aromatic N) is 1. The van der Waals surface area contributed by atoms with Crippen LogP contribution >= 0.6 is 0 Å². The Balaban J connectivity index is 1.46. The summed E-state index contributed by atoms with van der Waals surface area (Å²) in [6, 6.07) is 7.78. The average Bonchev–Trinajstić information content (AvgIpc) is 3.27. The molecule has 1 aromatic carbocycles. The fourth-order valence-corrected chi connectivity index (χ4v) is 2.66. The lowest BCUT2D eigenvalue weighted by atomic mass is 10.1. The molecule has 1 N–H and O–H groups in total. The van der Waals surface area contributed by atoms with Crippen molar-refractivity contribution >= 4 is 29.6 Å². The quantitative estimate of drug-likeness (QED) is 0.584. The molecule has 0 saturated heterocycles. The smallest absolute Gasteiger partial charge is 0.308 e. The van der Waals surface area contributed by atoms with Gasteiger partial charge in [-0.1, -0.05) is 11.6 Å². The Morgan fingerprint density at radius 1 is 1.11 bits per heavy atom.